The van der Waals surface area contributed by atoms with Crippen molar-refractivity contribution in [2.75, 3.05) is 0 Å². The maximum absolute atomic E-state index is 14.0. The molecule has 0 radical (unpaired) electrons. The summed E-state index contributed by atoms with van der Waals surface area (Å²) in [6.07, 6.45) is 0. The van der Waals surface area contributed by atoms with Gasteiger partial charge < -0.3 is 9.31 Å². The van der Waals surface area contributed by atoms with Crippen LogP contribution in [0.25, 0.3) is 122 Å². The third-order valence-corrected chi connectivity index (χ3v) is 23.8. The number of rotatable bonds is 8. The Morgan fingerprint density at radius 1 is 0.360 bits per heavy atom. The van der Waals surface area contributed by atoms with Gasteiger partial charge in [-0.1, -0.05) is 151 Å². The van der Waals surface area contributed by atoms with Crippen molar-refractivity contribution in [2.24, 2.45) is 0 Å². The van der Waals surface area contributed by atoms with Crippen LogP contribution in [-0.4, -0.2) is 71.0 Å². The lowest BCUT2D eigenvalue weighted by molar-refractivity contribution is 0.00578. The summed E-state index contributed by atoms with van der Waals surface area (Å²) in [7, 11) is -7.89. The quantitative estimate of drug-likeness (QED) is 0.108. The van der Waals surface area contributed by atoms with Crippen molar-refractivity contribution >= 4 is 155 Å². The minimum Gasteiger partial charge on any atom is -0.399 e. The number of nitrogens with zero attached hydrogens (tertiary/aromatic N) is 8. The van der Waals surface area contributed by atoms with E-state index in [1.165, 1.54) is 7.94 Å². The standard InChI is InChI=1S/C38H26N4O2S.C25H24BN3O2.C19H14INO2S/c1-25-15-19-29(20-16-25)45(43,44)42-33-12-6-5-11-30(33)31-23-26(18-22-34(31)42)27-17-21-32-37(24-27)41-36-14-8-7-13-35(36)40(38(41)39-32)28-9-3-2-4-10-28;1-24(2)25(3,4)31-26(30-24)17-14-15-19-22(16-17)29-21-13-9-8-12-20(21)28(23(29)27-19)18-10-6-5-7-11-18;1-13-6-9-15(10-7-13)24(22,23)21-18-5-3-2-4-16(18)17-12-14(20)8-11-19(17)21/h2-24H,1H3;5-16H,1-4H3;2-12H,1H3. The average molecular weight is 1460 g/mol. The summed E-state index contributed by atoms with van der Waals surface area (Å²) >= 11 is 2.25. The van der Waals surface area contributed by atoms with Gasteiger partial charge in [0.05, 0.1) is 87.2 Å². The molecule has 490 valence electrons. The Labute approximate surface area is 590 Å². The van der Waals surface area contributed by atoms with Crippen LogP contribution in [0.15, 0.2) is 289 Å². The molecular weight excluding hydrogens is 1390 g/mol. The highest BCUT2D eigenvalue weighted by atomic mass is 127. The number of imidazole rings is 4. The highest BCUT2D eigenvalue weighted by molar-refractivity contribution is 14.1. The summed E-state index contributed by atoms with van der Waals surface area (Å²) in [4.78, 5) is 10.6. The van der Waals surface area contributed by atoms with Gasteiger partial charge in [-0.05, 0) is 220 Å². The van der Waals surface area contributed by atoms with Gasteiger partial charge in [0.25, 0.3) is 20.0 Å². The number of hydrogen-bond donors (Lipinski definition) is 0. The molecule has 0 aliphatic carbocycles. The van der Waals surface area contributed by atoms with Crippen LogP contribution < -0.4 is 5.46 Å². The zero-order valence-electron chi connectivity index (χ0n) is 55.4. The van der Waals surface area contributed by atoms with Gasteiger partial charge in [0.1, 0.15) is 0 Å². The van der Waals surface area contributed by atoms with E-state index in [0.717, 1.165) is 120 Å². The fraction of sp³-hybridized carbons (Fsp3) is 0.0976. The lowest BCUT2D eigenvalue weighted by Gasteiger charge is -2.32. The van der Waals surface area contributed by atoms with E-state index in [2.05, 4.69) is 196 Å². The summed E-state index contributed by atoms with van der Waals surface area (Å²) in [5, 5.41) is 3.68. The van der Waals surface area contributed by atoms with E-state index in [-0.39, 0.29) is 16.1 Å². The van der Waals surface area contributed by atoms with E-state index < -0.39 is 27.2 Å². The van der Waals surface area contributed by atoms with Crippen LogP contribution in [-0.2, 0) is 29.4 Å². The Morgan fingerprint density at radius 3 is 1.23 bits per heavy atom. The largest absolute Gasteiger partial charge is 0.494 e. The smallest absolute Gasteiger partial charge is 0.399 e. The Bertz CT molecular complexity index is 6540. The topological polar surface area (TPSA) is 141 Å². The maximum Gasteiger partial charge on any atom is 0.494 e. The lowest BCUT2D eigenvalue weighted by atomic mass is 9.79. The number of aromatic nitrogens is 8. The van der Waals surface area contributed by atoms with E-state index in [1.54, 1.807) is 24.3 Å². The third-order valence-electron chi connectivity index (χ3n) is 19.6. The molecule has 0 unspecified atom stereocenters. The number of fused-ring (bicyclic) bond motifs is 16. The van der Waals surface area contributed by atoms with E-state index in [0.29, 0.717) is 27.0 Å². The van der Waals surface area contributed by atoms with E-state index >= 15 is 0 Å². The van der Waals surface area contributed by atoms with Crippen molar-refractivity contribution < 1.29 is 26.1 Å². The van der Waals surface area contributed by atoms with Crippen molar-refractivity contribution in [3.05, 3.63) is 294 Å². The van der Waals surface area contributed by atoms with Gasteiger partial charge in [-0.3, -0.25) is 17.9 Å². The van der Waals surface area contributed by atoms with Gasteiger partial charge in [0.15, 0.2) is 0 Å². The van der Waals surface area contributed by atoms with Crippen LogP contribution in [0.1, 0.15) is 38.8 Å². The normalized spacial score (nSPS) is 14.0. The Balaban J connectivity index is 0.000000119. The predicted molar refractivity (Wildman–Crippen MR) is 413 cm³/mol. The zero-order chi connectivity index (χ0) is 68.6. The molecule has 19 rings (SSSR count). The van der Waals surface area contributed by atoms with E-state index in [9.17, 15) is 16.8 Å². The number of para-hydroxylation sites is 8. The van der Waals surface area contributed by atoms with E-state index in [1.807, 2.05) is 141 Å². The molecule has 12 aromatic carbocycles. The first-order chi connectivity index (χ1) is 48.3. The molecule has 0 N–H and O–H groups in total. The molecule has 7 heterocycles. The maximum atomic E-state index is 14.0. The first-order valence-electron chi connectivity index (χ1n) is 33.0. The molecule has 14 nitrogen and oxygen atoms in total. The summed E-state index contributed by atoms with van der Waals surface area (Å²) in [5.74, 6) is 1.75. The first-order valence-corrected chi connectivity index (χ1v) is 37.0. The molecule has 6 aromatic heterocycles. The third kappa shape index (κ3) is 10.2. The fourth-order valence-electron chi connectivity index (χ4n) is 14.0. The highest BCUT2D eigenvalue weighted by Crippen LogP contribution is 2.40. The predicted octanol–water partition coefficient (Wildman–Crippen LogP) is 18.4. The number of halogens is 1. The Kier molecular flexibility index (Phi) is 15.0. The SMILES string of the molecule is CC1(C)OB(c2ccc3nc4n(-c5ccccc5)c5ccccc5n4c3c2)OC1(C)C.Cc1ccc(S(=O)(=O)n2c3ccccc3c3cc(-c4ccc5nc6n(-c7ccccc7)c7ccccc7n6c5c4)ccc32)cc1.Cc1ccc(S(=O)(=O)n2c3ccccc3c3cc(I)ccc32)cc1. The molecular formula is C82H64BIN8O6S2. The van der Waals surface area contributed by atoms with Crippen LogP contribution in [0.2, 0.25) is 0 Å². The van der Waals surface area contributed by atoms with Crippen LogP contribution in [0, 0.1) is 17.4 Å². The minimum absolute atomic E-state index is 0.268. The second-order valence-corrected chi connectivity index (χ2v) is 31.3. The first kappa shape index (κ1) is 62.9. The number of hydrogen-bond acceptors (Lipinski definition) is 8. The van der Waals surface area contributed by atoms with Gasteiger partial charge in [-0.2, -0.15) is 0 Å². The van der Waals surface area contributed by atoms with Crippen LogP contribution in [0.5, 0.6) is 0 Å². The summed E-state index contributed by atoms with van der Waals surface area (Å²) in [5.41, 5.74) is 17.5. The van der Waals surface area contributed by atoms with Gasteiger partial charge in [0, 0.05) is 36.5 Å². The molecule has 0 bridgehead atoms. The molecule has 0 amide bonds. The highest BCUT2D eigenvalue weighted by Gasteiger charge is 2.52. The molecule has 1 aliphatic heterocycles. The molecule has 1 saturated heterocycles. The molecule has 0 spiro atoms. The fourth-order valence-corrected chi connectivity index (χ4v) is 17.5. The molecule has 18 aromatic rings. The molecule has 0 saturated carbocycles. The Hall–Kier alpha value is -10.6. The summed E-state index contributed by atoms with van der Waals surface area (Å²) in [6, 6.07) is 91.3. The molecule has 1 fully saturated rings. The minimum atomic E-state index is -3.83. The van der Waals surface area contributed by atoms with Crippen molar-refractivity contribution in [1.82, 2.24) is 35.8 Å². The second-order valence-electron chi connectivity index (χ2n) is 26.4. The number of aryl methyl sites for hydroxylation is 2. The van der Waals surface area contributed by atoms with Crippen molar-refractivity contribution in [2.45, 2.75) is 62.5 Å². The summed E-state index contributed by atoms with van der Waals surface area (Å²) in [6.45, 7) is 12.2. The number of benzene rings is 12. The second kappa shape index (κ2) is 23.8. The van der Waals surface area contributed by atoms with Crippen LogP contribution >= 0.6 is 22.6 Å². The monoisotopic (exact) mass is 1460 g/mol. The van der Waals surface area contributed by atoms with Crippen molar-refractivity contribution in [3.8, 4) is 22.5 Å². The average Bonchev–Trinajstić information content (AvgIpc) is 1.54. The van der Waals surface area contributed by atoms with Crippen LogP contribution in [0.4, 0.5) is 0 Å². The molecule has 100 heavy (non-hydrogen) atoms. The summed E-state index contributed by atoms with van der Waals surface area (Å²) < 4.78 is 80.0. The van der Waals surface area contributed by atoms with Gasteiger partial charge >= 0.3 is 7.12 Å². The van der Waals surface area contributed by atoms with Gasteiger partial charge in [0.2, 0.25) is 11.6 Å². The van der Waals surface area contributed by atoms with Gasteiger partial charge in [-0.15, -0.1) is 0 Å². The molecule has 18 heteroatoms. The lowest BCUT2D eigenvalue weighted by Crippen LogP contribution is -2.41. The molecule has 1 aliphatic rings. The van der Waals surface area contributed by atoms with Crippen molar-refractivity contribution in [3.63, 3.8) is 0 Å². The van der Waals surface area contributed by atoms with Gasteiger partial charge in [-0.25, -0.2) is 34.7 Å². The zero-order valence-corrected chi connectivity index (χ0v) is 59.1. The Morgan fingerprint density at radius 2 is 0.740 bits per heavy atom. The molecule has 0 atom stereocenters. The van der Waals surface area contributed by atoms with Crippen molar-refractivity contribution in [1.29, 1.82) is 0 Å². The van der Waals surface area contributed by atoms with E-state index in [4.69, 9.17) is 19.3 Å². The van der Waals surface area contributed by atoms with Crippen LogP contribution in [0.3, 0.4) is 0 Å².